The Labute approximate surface area is 146 Å². The minimum atomic E-state index is -0.232. The quantitative estimate of drug-likeness (QED) is 0.731. The standard InChI is InChI=1S/C22H18FNO/c23-17-12-10-15(11-13-17)20-14-21(19-9-5-4-8-18(19)20)24-22(25)16-6-2-1-3-7-16/h1-13,20-21H,14H2,(H,24,25)/t20-,21+/m0/s1. The molecule has 3 aromatic rings. The lowest BCUT2D eigenvalue weighted by Gasteiger charge is -2.15. The molecule has 1 aliphatic carbocycles. The molecule has 0 bridgehead atoms. The third kappa shape index (κ3) is 3.05. The van der Waals surface area contributed by atoms with Gasteiger partial charge in [-0.1, -0.05) is 54.6 Å². The van der Waals surface area contributed by atoms with Crippen LogP contribution in [0.5, 0.6) is 0 Å². The lowest BCUT2D eigenvalue weighted by atomic mass is 9.93. The summed E-state index contributed by atoms with van der Waals surface area (Å²) in [5, 5.41) is 3.15. The highest BCUT2D eigenvalue weighted by atomic mass is 19.1. The molecule has 124 valence electrons. The van der Waals surface area contributed by atoms with Crippen LogP contribution in [0.2, 0.25) is 0 Å². The van der Waals surface area contributed by atoms with Crippen LogP contribution in [0.1, 0.15) is 45.4 Å². The van der Waals surface area contributed by atoms with Gasteiger partial charge in [0.25, 0.3) is 5.91 Å². The highest BCUT2D eigenvalue weighted by Crippen LogP contribution is 2.43. The summed E-state index contributed by atoms with van der Waals surface area (Å²) in [6.07, 6.45) is 0.781. The van der Waals surface area contributed by atoms with E-state index < -0.39 is 0 Å². The monoisotopic (exact) mass is 331 g/mol. The molecule has 0 heterocycles. The second-order valence-corrected chi connectivity index (χ2v) is 6.36. The topological polar surface area (TPSA) is 29.1 Å². The summed E-state index contributed by atoms with van der Waals surface area (Å²) in [5.74, 6) is -0.137. The molecule has 0 unspecified atom stereocenters. The summed E-state index contributed by atoms with van der Waals surface area (Å²) in [6.45, 7) is 0. The number of carbonyl (C=O) groups excluding carboxylic acids is 1. The normalized spacial score (nSPS) is 18.6. The van der Waals surface area contributed by atoms with Crippen molar-refractivity contribution in [1.29, 1.82) is 0 Å². The molecule has 25 heavy (non-hydrogen) atoms. The van der Waals surface area contributed by atoms with E-state index in [0.29, 0.717) is 5.56 Å². The zero-order valence-corrected chi connectivity index (χ0v) is 13.7. The fraction of sp³-hybridized carbons (Fsp3) is 0.136. The van der Waals surface area contributed by atoms with Gasteiger partial charge in [0.2, 0.25) is 0 Å². The second-order valence-electron chi connectivity index (χ2n) is 6.36. The Hall–Kier alpha value is -2.94. The van der Waals surface area contributed by atoms with Crippen LogP contribution in [0.25, 0.3) is 0 Å². The first-order valence-electron chi connectivity index (χ1n) is 8.42. The van der Waals surface area contributed by atoms with E-state index in [1.165, 1.54) is 17.7 Å². The highest BCUT2D eigenvalue weighted by molar-refractivity contribution is 5.94. The van der Waals surface area contributed by atoms with E-state index in [9.17, 15) is 9.18 Å². The molecule has 0 saturated heterocycles. The number of hydrogen-bond donors (Lipinski definition) is 1. The number of benzene rings is 3. The van der Waals surface area contributed by atoms with Gasteiger partial charge in [-0.25, -0.2) is 4.39 Å². The van der Waals surface area contributed by atoms with Crippen molar-refractivity contribution in [3.63, 3.8) is 0 Å². The molecule has 1 N–H and O–H groups in total. The molecule has 0 aromatic heterocycles. The van der Waals surface area contributed by atoms with Crippen LogP contribution < -0.4 is 5.32 Å². The molecule has 0 aliphatic heterocycles. The van der Waals surface area contributed by atoms with Crippen LogP contribution in [0, 0.1) is 5.82 Å². The molecule has 0 spiro atoms. The number of amides is 1. The lowest BCUT2D eigenvalue weighted by molar-refractivity contribution is 0.0936. The largest absolute Gasteiger partial charge is 0.345 e. The maximum atomic E-state index is 13.2. The molecule has 2 atom stereocenters. The second kappa shape index (κ2) is 6.52. The summed E-state index contributed by atoms with van der Waals surface area (Å²) in [7, 11) is 0. The zero-order chi connectivity index (χ0) is 17.2. The van der Waals surface area contributed by atoms with Crippen LogP contribution in [-0.2, 0) is 0 Å². The predicted octanol–water partition coefficient (Wildman–Crippen LogP) is 4.83. The van der Waals surface area contributed by atoms with Gasteiger partial charge in [-0.15, -0.1) is 0 Å². The molecule has 3 heteroatoms. The number of nitrogens with one attached hydrogen (secondary N) is 1. The third-order valence-corrected chi connectivity index (χ3v) is 4.83. The van der Waals surface area contributed by atoms with Crippen LogP contribution >= 0.6 is 0 Å². The van der Waals surface area contributed by atoms with E-state index in [1.54, 1.807) is 0 Å². The van der Waals surface area contributed by atoms with E-state index in [0.717, 1.165) is 17.5 Å². The number of rotatable bonds is 3. The van der Waals surface area contributed by atoms with E-state index in [2.05, 4.69) is 17.4 Å². The van der Waals surface area contributed by atoms with Crippen molar-refractivity contribution < 1.29 is 9.18 Å². The number of hydrogen-bond acceptors (Lipinski definition) is 1. The summed E-state index contributed by atoms with van der Waals surface area (Å²) < 4.78 is 13.2. The first-order valence-corrected chi connectivity index (χ1v) is 8.42. The van der Waals surface area contributed by atoms with Gasteiger partial charge in [0, 0.05) is 11.5 Å². The Morgan fingerprint density at radius 2 is 1.48 bits per heavy atom. The Balaban J connectivity index is 1.62. The smallest absolute Gasteiger partial charge is 0.251 e. The molecule has 3 aromatic carbocycles. The average molecular weight is 331 g/mol. The van der Waals surface area contributed by atoms with Gasteiger partial charge < -0.3 is 5.32 Å². The van der Waals surface area contributed by atoms with Gasteiger partial charge in [0.15, 0.2) is 0 Å². The SMILES string of the molecule is O=C(N[C@@H]1C[C@@H](c2ccc(F)cc2)c2ccccc21)c1ccccc1. The van der Waals surface area contributed by atoms with Crippen LogP contribution in [0.3, 0.4) is 0 Å². The summed E-state index contributed by atoms with van der Waals surface area (Å²) in [5.41, 5.74) is 4.07. The average Bonchev–Trinajstić information content (AvgIpc) is 3.02. The van der Waals surface area contributed by atoms with Crippen molar-refractivity contribution in [3.8, 4) is 0 Å². The van der Waals surface area contributed by atoms with Crippen LogP contribution in [0.4, 0.5) is 4.39 Å². The van der Waals surface area contributed by atoms with Gasteiger partial charge in [0.05, 0.1) is 6.04 Å². The first kappa shape index (κ1) is 15.6. The predicted molar refractivity (Wildman–Crippen MR) is 96.0 cm³/mol. The zero-order valence-electron chi connectivity index (χ0n) is 13.7. The fourth-order valence-corrected chi connectivity index (χ4v) is 3.61. The molecule has 2 nitrogen and oxygen atoms in total. The summed E-state index contributed by atoms with van der Waals surface area (Å²) in [4.78, 5) is 12.5. The fourth-order valence-electron chi connectivity index (χ4n) is 3.61. The van der Waals surface area contributed by atoms with Gasteiger partial charge >= 0.3 is 0 Å². The minimum absolute atomic E-state index is 0.0426. The van der Waals surface area contributed by atoms with Crippen molar-refractivity contribution in [2.45, 2.75) is 18.4 Å². The molecule has 0 radical (unpaired) electrons. The van der Waals surface area contributed by atoms with E-state index in [-0.39, 0.29) is 23.7 Å². The molecule has 1 amide bonds. The molecular formula is C22H18FNO. The summed E-state index contributed by atoms with van der Waals surface area (Å²) >= 11 is 0. The molecule has 1 aliphatic rings. The number of fused-ring (bicyclic) bond motifs is 1. The van der Waals surface area contributed by atoms with Crippen molar-refractivity contribution in [1.82, 2.24) is 5.32 Å². The Morgan fingerprint density at radius 1 is 0.840 bits per heavy atom. The maximum Gasteiger partial charge on any atom is 0.251 e. The molecular weight excluding hydrogens is 313 g/mol. The van der Waals surface area contributed by atoms with Gasteiger partial charge in [0.1, 0.15) is 5.82 Å². The van der Waals surface area contributed by atoms with E-state index >= 15 is 0 Å². The molecule has 0 fully saturated rings. The minimum Gasteiger partial charge on any atom is -0.345 e. The molecule has 4 rings (SSSR count). The summed E-state index contributed by atoms with van der Waals surface area (Å²) in [6, 6.07) is 24.0. The van der Waals surface area contributed by atoms with Crippen molar-refractivity contribution in [3.05, 3.63) is 107 Å². The van der Waals surface area contributed by atoms with E-state index in [1.807, 2.05) is 54.6 Å². The van der Waals surface area contributed by atoms with Crippen molar-refractivity contribution in [2.75, 3.05) is 0 Å². The van der Waals surface area contributed by atoms with Gasteiger partial charge in [-0.2, -0.15) is 0 Å². The first-order chi connectivity index (χ1) is 12.2. The Morgan fingerprint density at radius 3 is 2.20 bits per heavy atom. The van der Waals surface area contributed by atoms with Crippen LogP contribution in [-0.4, -0.2) is 5.91 Å². The molecule has 0 saturated carbocycles. The van der Waals surface area contributed by atoms with Gasteiger partial charge in [-0.3, -0.25) is 4.79 Å². The maximum absolute atomic E-state index is 13.2. The lowest BCUT2D eigenvalue weighted by Crippen LogP contribution is -2.27. The van der Waals surface area contributed by atoms with Crippen LogP contribution in [0.15, 0.2) is 78.9 Å². The number of carbonyl (C=O) groups is 1. The van der Waals surface area contributed by atoms with Crippen molar-refractivity contribution in [2.24, 2.45) is 0 Å². The van der Waals surface area contributed by atoms with Gasteiger partial charge in [-0.05, 0) is 47.4 Å². The Kier molecular flexibility index (Phi) is 4.06. The Bertz CT molecular complexity index is 889. The third-order valence-electron chi connectivity index (χ3n) is 4.83. The number of halogens is 1. The van der Waals surface area contributed by atoms with E-state index in [4.69, 9.17) is 0 Å². The van der Waals surface area contributed by atoms with Crippen molar-refractivity contribution >= 4 is 5.91 Å². The highest BCUT2D eigenvalue weighted by Gasteiger charge is 2.32.